The van der Waals surface area contributed by atoms with Crippen LogP contribution in [0.15, 0.2) is 48.7 Å². The molecule has 1 aromatic carbocycles. The molecule has 0 atom stereocenters. The SMILES string of the molecule is CN(CCCc1cc(-c2cccc(F)c2)n[nH]1)C(=O)c1ccc(NCC2CC2)nc1. The summed E-state index contributed by atoms with van der Waals surface area (Å²) in [4.78, 5) is 18.7. The Morgan fingerprint density at radius 3 is 2.87 bits per heavy atom. The summed E-state index contributed by atoms with van der Waals surface area (Å²) in [6.45, 7) is 1.57. The van der Waals surface area contributed by atoms with Crippen LogP contribution in [0.5, 0.6) is 0 Å². The van der Waals surface area contributed by atoms with Gasteiger partial charge in [-0.05, 0) is 61.9 Å². The summed E-state index contributed by atoms with van der Waals surface area (Å²) < 4.78 is 13.4. The van der Waals surface area contributed by atoms with Crippen LogP contribution in [0.3, 0.4) is 0 Å². The summed E-state index contributed by atoms with van der Waals surface area (Å²) >= 11 is 0. The topological polar surface area (TPSA) is 73.9 Å². The average molecular weight is 407 g/mol. The minimum absolute atomic E-state index is 0.0405. The van der Waals surface area contributed by atoms with E-state index >= 15 is 0 Å². The molecule has 3 aromatic rings. The summed E-state index contributed by atoms with van der Waals surface area (Å²) in [5.74, 6) is 1.27. The number of H-pyrrole nitrogens is 1. The number of aromatic amines is 1. The first-order chi connectivity index (χ1) is 14.6. The van der Waals surface area contributed by atoms with E-state index in [-0.39, 0.29) is 11.7 Å². The highest BCUT2D eigenvalue weighted by molar-refractivity contribution is 5.93. The molecular formula is C23H26FN5O. The molecule has 1 aliphatic carbocycles. The van der Waals surface area contributed by atoms with Gasteiger partial charge in [-0.15, -0.1) is 0 Å². The van der Waals surface area contributed by atoms with Crippen molar-refractivity contribution in [1.82, 2.24) is 20.1 Å². The van der Waals surface area contributed by atoms with Gasteiger partial charge in [-0.2, -0.15) is 5.10 Å². The molecule has 2 N–H and O–H groups in total. The number of hydrogen-bond donors (Lipinski definition) is 2. The van der Waals surface area contributed by atoms with E-state index in [1.54, 1.807) is 24.2 Å². The number of halogens is 1. The molecule has 1 saturated carbocycles. The molecule has 0 aliphatic heterocycles. The zero-order valence-corrected chi connectivity index (χ0v) is 17.1. The molecule has 7 heteroatoms. The lowest BCUT2D eigenvalue weighted by molar-refractivity contribution is 0.0793. The van der Waals surface area contributed by atoms with E-state index in [1.165, 1.54) is 25.0 Å². The molecule has 156 valence electrons. The third kappa shape index (κ3) is 5.23. The number of rotatable bonds is 9. The van der Waals surface area contributed by atoms with Crippen LogP contribution >= 0.6 is 0 Å². The van der Waals surface area contributed by atoms with Gasteiger partial charge in [0.15, 0.2) is 0 Å². The van der Waals surface area contributed by atoms with Crippen LogP contribution in [-0.2, 0) is 6.42 Å². The molecular weight excluding hydrogens is 381 g/mol. The molecule has 0 radical (unpaired) electrons. The highest BCUT2D eigenvalue weighted by Gasteiger charge is 2.20. The van der Waals surface area contributed by atoms with Crippen molar-refractivity contribution in [2.45, 2.75) is 25.7 Å². The van der Waals surface area contributed by atoms with Crippen LogP contribution in [0.25, 0.3) is 11.3 Å². The van der Waals surface area contributed by atoms with Crippen LogP contribution in [0, 0.1) is 11.7 Å². The van der Waals surface area contributed by atoms with E-state index in [0.29, 0.717) is 12.1 Å². The molecule has 0 bridgehead atoms. The Morgan fingerprint density at radius 1 is 1.27 bits per heavy atom. The lowest BCUT2D eigenvalue weighted by Crippen LogP contribution is -2.28. The highest BCUT2D eigenvalue weighted by Crippen LogP contribution is 2.28. The molecule has 4 rings (SSSR count). The summed E-state index contributed by atoms with van der Waals surface area (Å²) in [5, 5.41) is 10.6. The Morgan fingerprint density at radius 2 is 2.13 bits per heavy atom. The quantitative estimate of drug-likeness (QED) is 0.559. The largest absolute Gasteiger partial charge is 0.370 e. The predicted molar refractivity (Wildman–Crippen MR) is 115 cm³/mol. The molecule has 30 heavy (non-hydrogen) atoms. The number of hydrogen-bond acceptors (Lipinski definition) is 4. The number of aromatic nitrogens is 3. The molecule has 2 aromatic heterocycles. The minimum Gasteiger partial charge on any atom is -0.370 e. The van der Waals surface area contributed by atoms with Crippen LogP contribution in [0.1, 0.15) is 35.3 Å². The van der Waals surface area contributed by atoms with Crippen molar-refractivity contribution < 1.29 is 9.18 Å². The van der Waals surface area contributed by atoms with Gasteiger partial charge in [-0.1, -0.05) is 12.1 Å². The van der Waals surface area contributed by atoms with E-state index < -0.39 is 0 Å². The maximum Gasteiger partial charge on any atom is 0.255 e. The van der Waals surface area contributed by atoms with E-state index in [0.717, 1.165) is 48.1 Å². The number of aryl methyl sites for hydroxylation is 1. The van der Waals surface area contributed by atoms with E-state index in [4.69, 9.17) is 0 Å². The standard InChI is InChI=1S/C23H26FN5O/c1-29(23(30)18-9-10-22(26-15-18)25-14-16-7-8-16)11-3-6-20-13-21(28-27-20)17-4-2-5-19(24)12-17/h2,4-5,9-10,12-13,15-16H,3,6-8,11,14H2,1H3,(H,25,26)(H,27,28). The van der Waals surface area contributed by atoms with Crippen LogP contribution < -0.4 is 5.32 Å². The first-order valence-corrected chi connectivity index (χ1v) is 10.3. The summed E-state index contributed by atoms with van der Waals surface area (Å²) in [7, 11) is 1.80. The minimum atomic E-state index is -0.279. The summed E-state index contributed by atoms with van der Waals surface area (Å²) in [6, 6.07) is 12.0. The Hall–Kier alpha value is -3.22. The number of nitrogens with one attached hydrogen (secondary N) is 2. The number of pyridine rings is 1. The van der Waals surface area contributed by atoms with E-state index in [1.807, 2.05) is 24.3 Å². The first-order valence-electron chi connectivity index (χ1n) is 10.3. The van der Waals surface area contributed by atoms with Crippen molar-refractivity contribution in [2.75, 3.05) is 25.5 Å². The summed E-state index contributed by atoms with van der Waals surface area (Å²) in [6.07, 6.45) is 5.76. The number of nitrogens with zero attached hydrogens (tertiary/aromatic N) is 3. The average Bonchev–Trinajstić information content (AvgIpc) is 3.48. The third-order valence-corrected chi connectivity index (χ3v) is 5.32. The maximum absolute atomic E-state index is 13.4. The normalized spacial score (nSPS) is 13.3. The van der Waals surface area contributed by atoms with Gasteiger partial charge < -0.3 is 10.2 Å². The lowest BCUT2D eigenvalue weighted by Gasteiger charge is -2.17. The zero-order chi connectivity index (χ0) is 20.9. The fraction of sp³-hybridized carbons (Fsp3) is 0.348. The van der Waals surface area contributed by atoms with Crippen molar-refractivity contribution in [1.29, 1.82) is 0 Å². The molecule has 0 saturated heterocycles. The van der Waals surface area contributed by atoms with Gasteiger partial charge in [0.2, 0.25) is 0 Å². The Kier molecular flexibility index (Phi) is 6.07. The number of carbonyl (C=O) groups excluding carboxylic acids is 1. The highest BCUT2D eigenvalue weighted by atomic mass is 19.1. The van der Waals surface area contributed by atoms with Gasteiger partial charge in [0.25, 0.3) is 5.91 Å². The molecule has 1 aliphatic rings. The third-order valence-electron chi connectivity index (χ3n) is 5.32. The number of amides is 1. The van der Waals surface area contributed by atoms with Crippen molar-refractivity contribution in [3.8, 4) is 11.3 Å². The van der Waals surface area contributed by atoms with Crippen molar-refractivity contribution in [3.63, 3.8) is 0 Å². The number of benzene rings is 1. The maximum atomic E-state index is 13.4. The van der Waals surface area contributed by atoms with Gasteiger partial charge in [0.05, 0.1) is 11.3 Å². The number of carbonyl (C=O) groups is 1. The second kappa shape index (κ2) is 9.07. The second-order valence-electron chi connectivity index (χ2n) is 7.88. The van der Waals surface area contributed by atoms with Gasteiger partial charge in [-0.3, -0.25) is 9.89 Å². The number of anilines is 1. The zero-order valence-electron chi connectivity index (χ0n) is 17.1. The van der Waals surface area contributed by atoms with Gasteiger partial charge in [-0.25, -0.2) is 9.37 Å². The monoisotopic (exact) mass is 407 g/mol. The Balaban J connectivity index is 1.25. The van der Waals surface area contributed by atoms with Crippen LogP contribution in [0.4, 0.5) is 10.2 Å². The molecule has 0 spiro atoms. The van der Waals surface area contributed by atoms with Gasteiger partial charge in [0.1, 0.15) is 11.6 Å². The Bertz CT molecular complexity index is 997. The fourth-order valence-electron chi connectivity index (χ4n) is 3.31. The lowest BCUT2D eigenvalue weighted by atomic mass is 10.1. The van der Waals surface area contributed by atoms with Crippen molar-refractivity contribution in [3.05, 3.63) is 65.7 Å². The van der Waals surface area contributed by atoms with Gasteiger partial charge in [0, 0.05) is 37.6 Å². The van der Waals surface area contributed by atoms with Crippen LogP contribution in [-0.4, -0.2) is 46.1 Å². The summed E-state index contributed by atoms with van der Waals surface area (Å²) in [5.41, 5.74) is 3.01. The smallest absolute Gasteiger partial charge is 0.255 e. The van der Waals surface area contributed by atoms with Crippen LogP contribution in [0.2, 0.25) is 0 Å². The van der Waals surface area contributed by atoms with E-state index in [2.05, 4.69) is 20.5 Å². The molecule has 1 amide bonds. The first kappa shape index (κ1) is 20.1. The predicted octanol–water partition coefficient (Wildman–Crippen LogP) is 4.14. The molecule has 0 unspecified atom stereocenters. The molecule has 1 fully saturated rings. The van der Waals surface area contributed by atoms with E-state index in [9.17, 15) is 9.18 Å². The van der Waals surface area contributed by atoms with Crippen molar-refractivity contribution in [2.24, 2.45) is 5.92 Å². The molecule has 2 heterocycles. The van der Waals surface area contributed by atoms with Crippen molar-refractivity contribution >= 4 is 11.7 Å². The Labute approximate surface area is 175 Å². The van der Waals surface area contributed by atoms with Gasteiger partial charge >= 0.3 is 0 Å². The molecule has 6 nitrogen and oxygen atoms in total. The fourth-order valence-corrected chi connectivity index (χ4v) is 3.31. The second-order valence-corrected chi connectivity index (χ2v) is 7.88.